The van der Waals surface area contributed by atoms with E-state index in [2.05, 4.69) is 6.58 Å². The van der Waals surface area contributed by atoms with Gasteiger partial charge in [0.2, 0.25) is 5.91 Å². The van der Waals surface area contributed by atoms with Crippen LogP contribution in [0.15, 0.2) is 12.7 Å². The van der Waals surface area contributed by atoms with Gasteiger partial charge in [0.1, 0.15) is 0 Å². The summed E-state index contributed by atoms with van der Waals surface area (Å²) in [7, 11) is 1.72. The topological polar surface area (TPSA) is 37.4 Å². The van der Waals surface area contributed by atoms with Gasteiger partial charge in [-0.3, -0.25) is 9.59 Å². The van der Waals surface area contributed by atoms with Crippen LogP contribution in [-0.2, 0) is 9.59 Å². The summed E-state index contributed by atoms with van der Waals surface area (Å²) in [4.78, 5) is 23.0. The molecule has 0 rings (SSSR count). The van der Waals surface area contributed by atoms with E-state index >= 15 is 0 Å². The second kappa shape index (κ2) is 5.52. The molecule has 0 atom stereocenters. The van der Waals surface area contributed by atoms with E-state index in [-0.39, 0.29) is 11.7 Å². The second-order valence-electron chi connectivity index (χ2n) is 2.71. The summed E-state index contributed by atoms with van der Waals surface area (Å²) in [6, 6.07) is 0. The van der Waals surface area contributed by atoms with Crippen LogP contribution in [-0.4, -0.2) is 30.2 Å². The molecular formula is C9H15NO2. The molecule has 0 aliphatic heterocycles. The standard InChI is InChI=1S/C9H15NO2/c1-4-9(12)6-5-7-10(3)8(2)11/h4H,1,5-7H2,2-3H3. The Labute approximate surface area is 73.1 Å². The third-order valence-electron chi connectivity index (χ3n) is 1.68. The van der Waals surface area contributed by atoms with Gasteiger partial charge in [0.15, 0.2) is 5.78 Å². The summed E-state index contributed by atoms with van der Waals surface area (Å²) < 4.78 is 0. The fourth-order valence-corrected chi connectivity index (χ4v) is 0.750. The molecule has 0 N–H and O–H groups in total. The van der Waals surface area contributed by atoms with E-state index in [9.17, 15) is 9.59 Å². The third-order valence-corrected chi connectivity index (χ3v) is 1.68. The first-order valence-electron chi connectivity index (χ1n) is 3.95. The molecule has 3 nitrogen and oxygen atoms in total. The Bertz CT molecular complexity index is 187. The first-order chi connectivity index (χ1) is 5.57. The number of nitrogens with zero attached hydrogens (tertiary/aromatic N) is 1. The highest BCUT2D eigenvalue weighted by Gasteiger charge is 2.02. The van der Waals surface area contributed by atoms with Crippen LogP contribution < -0.4 is 0 Å². The van der Waals surface area contributed by atoms with Crippen LogP contribution in [0.3, 0.4) is 0 Å². The zero-order chi connectivity index (χ0) is 9.56. The Hall–Kier alpha value is -1.12. The summed E-state index contributed by atoms with van der Waals surface area (Å²) in [5, 5.41) is 0. The molecule has 0 bridgehead atoms. The molecule has 0 aliphatic rings. The van der Waals surface area contributed by atoms with E-state index in [1.807, 2.05) is 0 Å². The maximum Gasteiger partial charge on any atom is 0.219 e. The molecular weight excluding hydrogens is 154 g/mol. The fraction of sp³-hybridized carbons (Fsp3) is 0.556. The van der Waals surface area contributed by atoms with E-state index in [4.69, 9.17) is 0 Å². The summed E-state index contributed by atoms with van der Waals surface area (Å²) in [5.41, 5.74) is 0. The van der Waals surface area contributed by atoms with Crippen molar-refractivity contribution in [2.24, 2.45) is 0 Å². The third kappa shape index (κ3) is 4.66. The molecule has 0 fully saturated rings. The van der Waals surface area contributed by atoms with Gasteiger partial charge in [-0.2, -0.15) is 0 Å². The van der Waals surface area contributed by atoms with Crippen LogP contribution >= 0.6 is 0 Å². The van der Waals surface area contributed by atoms with Gasteiger partial charge in [-0.1, -0.05) is 6.58 Å². The number of carbonyl (C=O) groups is 2. The predicted octanol–water partition coefficient (Wildman–Crippen LogP) is 1.00. The van der Waals surface area contributed by atoms with Crippen LogP contribution in [0.1, 0.15) is 19.8 Å². The molecule has 0 unspecified atom stereocenters. The van der Waals surface area contributed by atoms with Gasteiger partial charge < -0.3 is 4.90 Å². The minimum absolute atomic E-state index is 0.0288. The Morgan fingerprint density at radius 3 is 2.50 bits per heavy atom. The van der Waals surface area contributed by atoms with Crippen LogP contribution in [0.25, 0.3) is 0 Å². The van der Waals surface area contributed by atoms with Crippen molar-refractivity contribution < 1.29 is 9.59 Å². The van der Waals surface area contributed by atoms with Crippen molar-refractivity contribution in [3.63, 3.8) is 0 Å². The molecule has 12 heavy (non-hydrogen) atoms. The zero-order valence-electron chi connectivity index (χ0n) is 7.67. The molecule has 0 aliphatic carbocycles. The van der Waals surface area contributed by atoms with Gasteiger partial charge in [0, 0.05) is 26.9 Å². The lowest BCUT2D eigenvalue weighted by molar-refractivity contribution is -0.128. The number of rotatable bonds is 5. The molecule has 3 heteroatoms. The van der Waals surface area contributed by atoms with Crippen molar-refractivity contribution >= 4 is 11.7 Å². The number of carbonyl (C=O) groups excluding carboxylic acids is 2. The molecule has 0 spiro atoms. The first-order valence-corrected chi connectivity index (χ1v) is 3.95. The van der Waals surface area contributed by atoms with Crippen molar-refractivity contribution in [1.82, 2.24) is 4.90 Å². The minimum Gasteiger partial charge on any atom is -0.346 e. The smallest absolute Gasteiger partial charge is 0.219 e. The van der Waals surface area contributed by atoms with Gasteiger partial charge in [-0.25, -0.2) is 0 Å². The number of hydrogen-bond acceptors (Lipinski definition) is 2. The number of hydrogen-bond donors (Lipinski definition) is 0. The summed E-state index contributed by atoms with van der Waals surface area (Å²) >= 11 is 0. The monoisotopic (exact) mass is 169 g/mol. The lowest BCUT2D eigenvalue weighted by Crippen LogP contribution is -2.25. The molecule has 1 amide bonds. The maximum atomic E-state index is 10.7. The largest absolute Gasteiger partial charge is 0.346 e. The molecule has 0 aromatic heterocycles. The molecule has 0 aromatic carbocycles. The van der Waals surface area contributed by atoms with Gasteiger partial charge in [0.05, 0.1) is 0 Å². The van der Waals surface area contributed by atoms with Crippen LogP contribution in [0.5, 0.6) is 0 Å². The van der Waals surface area contributed by atoms with Crippen LogP contribution in [0, 0.1) is 0 Å². The quantitative estimate of drug-likeness (QED) is 0.576. The highest BCUT2D eigenvalue weighted by atomic mass is 16.2. The van der Waals surface area contributed by atoms with Crippen molar-refractivity contribution in [1.29, 1.82) is 0 Å². The van der Waals surface area contributed by atoms with E-state index in [0.29, 0.717) is 19.4 Å². The lowest BCUT2D eigenvalue weighted by Gasteiger charge is -2.13. The molecule has 0 heterocycles. The maximum absolute atomic E-state index is 10.7. The number of amides is 1. The molecule has 0 aromatic rings. The van der Waals surface area contributed by atoms with E-state index in [1.54, 1.807) is 11.9 Å². The van der Waals surface area contributed by atoms with Crippen LogP contribution in [0.4, 0.5) is 0 Å². The number of allylic oxidation sites excluding steroid dienone is 1. The highest BCUT2D eigenvalue weighted by molar-refractivity contribution is 5.88. The van der Waals surface area contributed by atoms with Gasteiger partial charge in [-0.05, 0) is 12.5 Å². The van der Waals surface area contributed by atoms with E-state index in [1.165, 1.54) is 13.0 Å². The van der Waals surface area contributed by atoms with Crippen molar-refractivity contribution in [3.05, 3.63) is 12.7 Å². The lowest BCUT2D eigenvalue weighted by atomic mass is 10.2. The van der Waals surface area contributed by atoms with Crippen LogP contribution in [0.2, 0.25) is 0 Å². The summed E-state index contributed by atoms with van der Waals surface area (Å²) in [5.74, 6) is 0.0630. The van der Waals surface area contributed by atoms with Crippen molar-refractivity contribution in [3.8, 4) is 0 Å². The summed E-state index contributed by atoms with van der Waals surface area (Å²) in [6.07, 6.45) is 2.50. The molecule has 0 saturated carbocycles. The fourth-order valence-electron chi connectivity index (χ4n) is 0.750. The normalized spacial score (nSPS) is 9.17. The number of ketones is 1. The zero-order valence-corrected chi connectivity index (χ0v) is 7.67. The molecule has 0 radical (unpaired) electrons. The van der Waals surface area contributed by atoms with Crippen molar-refractivity contribution in [2.75, 3.05) is 13.6 Å². The average Bonchev–Trinajstić information content (AvgIpc) is 2.03. The minimum atomic E-state index is 0.0288. The van der Waals surface area contributed by atoms with Gasteiger partial charge in [0.25, 0.3) is 0 Å². The molecule has 68 valence electrons. The Morgan fingerprint density at radius 2 is 2.08 bits per heavy atom. The summed E-state index contributed by atoms with van der Waals surface area (Å²) in [6.45, 7) is 5.51. The SMILES string of the molecule is C=CC(=O)CCCN(C)C(C)=O. The average molecular weight is 169 g/mol. The first kappa shape index (κ1) is 10.9. The molecule has 0 saturated heterocycles. The Balaban J connectivity index is 3.49. The Morgan fingerprint density at radius 1 is 1.50 bits per heavy atom. The highest BCUT2D eigenvalue weighted by Crippen LogP contribution is 1.94. The van der Waals surface area contributed by atoms with Crippen molar-refractivity contribution in [2.45, 2.75) is 19.8 Å². The second-order valence-corrected chi connectivity index (χ2v) is 2.71. The van der Waals surface area contributed by atoms with E-state index < -0.39 is 0 Å². The predicted molar refractivity (Wildman–Crippen MR) is 47.7 cm³/mol. The van der Waals surface area contributed by atoms with E-state index in [0.717, 1.165) is 0 Å². The Kier molecular flexibility index (Phi) is 5.00. The van der Waals surface area contributed by atoms with Gasteiger partial charge >= 0.3 is 0 Å². The van der Waals surface area contributed by atoms with Gasteiger partial charge in [-0.15, -0.1) is 0 Å².